The normalized spacial score (nSPS) is 11.1. The van der Waals surface area contributed by atoms with Gasteiger partial charge in [-0.05, 0) is 65.7 Å². The number of nitrogens with zero attached hydrogens (tertiary/aromatic N) is 2. The zero-order valence-corrected chi connectivity index (χ0v) is 17.5. The highest BCUT2D eigenvalue weighted by molar-refractivity contribution is 5.90. The van der Waals surface area contributed by atoms with Crippen LogP contribution >= 0.6 is 0 Å². The van der Waals surface area contributed by atoms with Crippen LogP contribution in [-0.2, 0) is 11.3 Å². The van der Waals surface area contributed by atoms with Crippen molar-refractivity contribution in [2.45, 2.75) is 6.54 Å². The van der Waals surface area contributed by atoms with Crippen LogP contribution < -0.4 is 14.9 Å². The van der Waals surface area contributed by atoms with Crippen molar-refractivity contribution >= 4 is 23.0 Å². The predicted molar refractivity (Wildman–Crippen MR) is 122 cm³/mol. The second-order valence-electron chi connectivity index (χ2n) is 7.15. The third kappa shape index (κ3) is 5.31. The van der Waals surface area contributed by atoms with Crippen LogP contribution in [0.2, 0.25) is 0 Å². The lowest BCUT2D eigenvalue weighted by Gasteiger charge is -2.06. The lowest BCUT2D eigenvalue weighted by molar-refractivity contribution is -0.123. The number of carbonyl (C=O) groups excluding carboxylic acids is 1. The number of rotatable bonds is 8. The van der Waals surface area contributed by atoms with E-state index in [2.05, 4.69) is 15.1 Å². The van der Waals surface area contributed by atoms with Gasteiger partial charge in [-0.25, -0.2) is 9.82 Å². The number of fused-ring (bicyclic) bond motifs is 1. The molecule has 4 rings (SSSR count). The van der Waals surface area contributed by atoms with Gasteiger partial charge in [-0.3, -0.25) is 4.79 Å². The number of methoxy groups -OCH3 is 1. The highest BCUT2D eigenvalue weighted by Gasteiger charge is 2.05. The highest BCUT2D eigenvalue weighted by atomic mass is 19.1. The molecule has 0 radical (unpaired) electrons. The molecular formula is C25H22FN3O3. The lowest BCUT2D eigenvalue weighted by atomic mass is 10.1. The predicted octanol–water partition coefficient (Wildman–Crippen LogP) is 4.37. The van der Waals surface area contributed by atoms with Crippen molar-refractivity contribution in [3.05, 3.63) is 95.9 Å². The molecule has 32 heavy (non-hydrogen) atoms. The van der Waals surface area contributed by atoms with E-state index in [0.29, 0.717) is 18.0 Å². The first-order valence-electron chi connectivity index (χ1n) is 10.0. The molecule has 0 aliphatic carbocycles. The Kier molecular flexibility index (Phi) is 6.46. The van der Waals surface area contributed by atoms with E-state index in [9.17, 15) is 9.18 Å². The van der Waals surface area contributed by atoms with Gasteiger partial charge in [-0.1, -0.05) is 18.2 Å². The van der Waals surface area contributed by atoms with Crippen LogP contribution in [-0.4, -0.2) is 30.4 Å². The molecule has 162 valence electrons. The largest absolute Gasteiger partial charge is 0.497 e. The van der Waals surface area contributed by atoms with E-state index in [0.717, 1.165) is 22.0 Å². The smallest absolute Gasteiger partial charge is 0.277 e. The highest BCUT2D eigenvalue weighted by Crippen LogP contribution is 2.19. The maximum atomic E-state index is 13.4. The maximum Gasteiger partial charge on any atom is 0.277 e. The summed E-state index contributed by atoms with van der Waals surface area (Å²) >= 11 is 0. The Bertz CT molecular complexity index is 1250. The molecule has 1 N–H and O–H groups in total. The van der Waals surface area contributed by atoms with Crippen LogP contribution in [0.3, 0.4) is 0 Å². The first kappa shape index (κ1) is 21.1. The molecule has 1 heterocycles. The lowest BCUT2D eigenvalue weighted by Crippen LogP contribution is -2.24. The Morgan fingerprint density at radius 1 is 1.06 bits per heavy atom. The Hall–Kier alpha value is -4.13. The third-order valence-electron chi connectivity index (χ3n) is 4.87. The van der Waals surface area contributed by atoms with Gasteiger partial charge >= 0.3 is 0 Å². The molecule has 4 aromatic rings. The molecule has 3 aromatic carbocycles. The average Bonchev–Trinajstić information content (AvgIpc) is 3.20. The molecule has 0 spiro atoms. The SMILES string of the molecule is COc1ccc(OCC(=O)N/N=C\c2ccc3c(ccn3Cc3cccc(F)c3)c2)cc1. The van der Waals surface area contributed by atoms with Crippen molar-refractivity contribution in [3.8, 4) is 11.5 Å². The zero-order chi connectivity index (χ0) is 22.3. The van der Waals surface area contributed by atoms with E-state index in [4.69, 9.17) is 9.47 Å². The average molecular weight is 431 g/mol. The molecule has 0 bridgehead atoms. The summed E-state index contributed by atoms with van der Waals surface area (Å²) in [6, 6.07) is 21.4. The molecule has 1 amide bonds. The fraction of sp³-hybridized carbons (Fsp3) is 0.120. The van der Waals surface area contributed by atoms with Crippen molar-refractivity contribution in [1.82, 2.24) is 9.99 Å². The molecular weight excluding hydrogens is 409 g/mol. The van der Waals surface area contributed by atoms with Crippen LogP contribution in [0.15, 0.2) is 84.1 Å². The van der Waals surface area contributed by atoms with Crippen LogP contribution in [0.5, 0.6) is 11.5 Å². The number of carbonyl (C=O) groups is 1. The first-order chi connectivity index (χ1) is 15.6. The minimum Gasteiger partial charge on any atom is -0.497 e. The number of hydrogen-bond acceptors (Lipinski definition) is 4. The monoisotopic (exact) mass is 431 g/mol. The topological polar surface area (TPSA) is 64.8 Å². The van der Waals surface area contributed by atoms with Crippen molar-refractivity contribution in [1.29, 1.82) is 0 Å². The first-order valence-corrected chi connectivity index (χ1v) is 10.0. The summed E-state index contributed by atoms with van der Waals surface area (Å²) in [6.07, 6.45) is 3.55. The summed E-state index contributed by atoms with van der Waals surface area (Å²) in [5.41, 5.74) is 5.23. The van der Waals surface area contributed by atoms with Crippen molar-refractivity contribution in [2.75, 3.05) is 13.7 Å². The number of amides is 1. The van der Waals surface area contributed by atoms with Gasteiger partial charge in [0.1, 0.15) is 17.3 Å². The maximum absolute atomic E-state index is 13.4. The number of benzene rings is 3. The van der Waals surface area contributed by atoms with Gasteiger partial charge in [0.05, 0.1) is 13.3 Å². The number of ether oxygens (including phenoxy) is 2. The summed E-state index contributed by atoms with van der Waals surface area (Å²) in [5.74, 6) is 0.680. The van der Waals surface area contributed by atoms with Crippen molar-refractivity contribution in [3.63, 3.8) is 0 Å². The quantitative estimate of drug-likeness (QED) is 0.333. The number of halogens is 1. The fourth-order valence-electron chi connectivity index (χ4n) is 3.30. The van der Waals surface area contributed by atoms with E-state index in [-0.39, 0.29) is 18.3 Å². The minimum atomic E-state index is -0.362. The van der Waals surface area contributed by atoms with Crippen LogP contribution in [0, 0.1) is 5.82 Å². The number of nitrogens with one attached hydrogen (secondary N) is 1. The number of hydrazone groups is 1. The van der Waals surface area contributed by atoms with Gasteiger partial charge in [0.25, 0.3) is 5.91 Å². The van der Waals surface area contributed by atoms with Gasteiger partial charge in [0.15, 0.2) is 6.61 Å². The molecule has 0 unspecified atom stereocenters. The van der Waals surface area contributed by atoms with Crippen LogP contribution in [0.25, 0.3) is 10.9 Å². The second kappa shape index (κ2) is 9.78. The Morgan fingerprint density at radius 3 is 2.66 bits per heavy atom. The summed E-state index contributed by atoms with van der Waals surface area (Å²) in [7, 11) is 1.58. The van der Waals surface area contributed by atoms with E-state index in [1.54, 1.807) is 43.7 Å². The number of aromatic nitrogens is 1. The molecule has 0 atom stereocenters. The zero-order valence-electron chi connectivity index (χ0n) is 17.5. The van der Waals surface area contributed by atoms with Crippen LogP contribution in [0.1, 0.15) is 11.1 Å². The third-order valence-corrected chi connectivity index (χ3v) is 4.87. The van der Waals surface area contributed by atoms with Crippen molar-refractivity contribution in [2.24, 2.45) is 5.10 Å². The summed E-state index contributed by atoms with van der Waals surface area (Å²) in [6.45, 7) is 0.435. The molecule has 1 aromatic heterocycles. The van der Waals surface area contributed by atoms with Gasteiger partial charge in [-0.15, -0.1) is 0 Å². The standard InChI is InChI=1S/C25H22FN3O3/c1-31-22-6-8-23(9-7-22)32-17-25(30)28-27-15-18-5-10-24-20(13-18)11-12-29(24)16-19-3-2-4-21(26)14-19/h2-15H,16-17H2,1H3,(H,28,30)/b27-15-. The molecule has 0 fully saturated rings. The van der Waals surface area contributed by atoms with E-state index < -0.39 is 0 Å². The molecule has 7 heteroatoms. The summed E-state index contributed by atoms with van der Waals surface area (Å²) in [5, 5.41) is 5.03. The van der Waals surface area contributed by atoms with Gasteiger partial charge in [-0.2, -0.15) is 5.10 Å². The molecule has 0 aliphatic rings. The Labute approximate surface area is 184 Å². The summed E-state index contributed by atoms with van der Waals surface area (Å²) < 4.78 is 26.0. The molecule has 6 nitrogen and oxygen atoms in total. The van der Waals surface area contributed by atoms with E-state index >= 15 is 0 Å². The van der Waals surface area contributed by atoms with Crippen molar-refractivity contribution < 1.29 is 18.7 Å². The number of hydrogen-bond donors (Lipinski definition) is 1. The molecule has 0 saturated heterocycles. The Balaban J connectivity index is 1.33. The van der Waals surface area contributed by atoms with Gasteiger partial charge in [0, 0.05) is 23.6 Å². The minimum absolute atomic E-state index is 0.147. The Morgan fingerprint density at radius 2 is 1.88 bits per heavy atom. The fourth-order valence-corrected chi connectivity index (χ4v) is 3.30. The van der Waals surface area contributed by atoms with E-state index in [1.807, 2.05) is 36.5 Å². The molecule has 0 saturated carbocycles. The second-order valence-corrected chi connectivity index (χ2v) is 7.15. The van der Waals surface area contributed by atoms with Crippen LogP contribution in [0.4, 0.5) is 4.39 Å². The van der Waals surface area contributed by atoms with E-state index in [1.165, 1.54) is 12.1 Å². The molecule has 0 aliphatic heterocycles. The van der Waals surface area contributed by atoms with Gasteiger partial charge < -0.3 is 14.0 Å². The summed E-state index contributed by atoms with van der Waals surface area (Å²) in [4.78, 5) is 11.9. The van der Waals surface area contributed by atoms with Gasteiger partial charge in [0.2, 0.25) is 0 Å².